The highest BCUT2D eigenvalue weighted by atomic mass is 35.5. The minimum atomic E-state index is 0.0296. The van der Waals surface area contributed by atoms with E-state index in [4.69, 9.17) is 20.9 Å². The number of methoxy groups -OCH3 is 1. The highest BCUT2D eigenvalue weighted by molar-refractivity contribution is 7.97. The summed E-state index contributed by atoms with van der Waals surface area (Å²) in [6.07, 6.45) is 0. The van der Waals surface area contributed by atoms with Gasteiger partial charge in [-0.25, -0.2) is 0 Å². The molecule has 0 atom stereocenters. The van der Waals surface area contributed by atoms with E-state index >= 15 is 0 Å². The van der Waals surface area contributed by atoms with Crippen molar-refractivity contribution in [3.63, 3.8) is 0 Å². The molecular formula is C19H17ClN2O3S. The Morgan fingerprint density at radius 2 is 2.08 bits per heavy atom. The molecule has 1 aromatic heterocycles. The summed E-state index contributed by atoms with van der Waals surface area (Å²) >= 11 is 7.60. The summed E-state index contributed by atoms with van der Waals surface area (Å²) < 4.78 is 10.7. The molecule has 0 bridgehead atoms. The van der Waals surface area contributed by atoms with Gasteiger partial charge in [-0.15, -0.1) is 11.8 Å². The largest absolute Gasteiger partial charge is 0.496 e. The minimum absolute atomic E-state index is 0.0296. The average Bonchev–Trinajstić information content (AvgIpc) is 3.10. The first kappa shape index (κ1) is 18.5. The normalized spacial score (nSPS) is 10.7. The molecule has 0 N–H and O–H groups in total. The SMILES string of the molecule is COc1ccc(C(C)=O)cc1CSCc1nc(-c2cccc(Cl)c2)no1. The molecule has 0 aliphatic rings. The fourth-order valence-corrected chi connectivity index (χ4v) is 3.45. The maximum absolute atomic E-state index is 11.6. The summed E-state index contributed by atoms with van der Waals surface area (Å²) in [4.78, 5) is 16.0. The van der Waals surface area contributed by atoms with Crippen LogP contribution in [-0.4, -0.2) is 23.0 Å². The van der Waals surface area contributed by atoms with E-state index < -0.39 is 0 Å². The Kier molecular flexibility index (Phi) is 5.96. The standard InChI is InChI=1S/C19H17ClN2O3S/c1-12(23)13-6-7-17(24-2)15(8-13)10-26-11-18-21-19(22-25-18)14-4-3-5-16(20)9-14/h3-9H,10-11H2,1-2H3. The van der Waals surface area contributed by atoms with Crippen LogP contribution in [0.25, 0.3) is 11.4 Å². The van der Waals surface area contributed by atoms with Crippen molar-refractivity contribution in [2.24, 2.45) is 0 Å². The molecule has 0 amide bonds. The number of carbonyl (C=O) groups excluding carboxylic acids is 1. The molecule has 0 saturated carbocycles. The zero-order valence-electron chi connectivity index (χ0n) is 14.4. The van der Waals surface area contributed by atoms with Gasteiger partial charge in [-0.2, -0.15) is 4.98 Å². The number of thioether (sulfide) groups is 1. The third kappa shape index (κ3) is 4.45. The summed E-state index contributed by atoms with van der Waals surface area (Å²) in [5.74, 6) is 3.06. The van der Waals surface area contributed by atoms with Crippen LogP contribution < -0.4 is 4.74 Å². The van der Waals surface area contributed by atoms with Gasteiger partial charge < -0.3 is 9.26 Å². The van der Waals surface area contributed by atoms with E-state index in [1.54, 1.807) is 44.0 Å². The maximum Gasteiger partial charge on any atom is 0.236 e. The monoisotopic (exact) mass is 388 g/mol. The number of ketones is 1. The fourth-order valence-electron chi connectivity index (χ4n) is 2.42. The third-order valence-electron chi connectivity index (χ3n) is 3.72. The fraction of sp³-hybridized carbons (Fsp3) is 0.211. The molecule has 0 aliphatic carbocycles. The summed E-state index contributed by atoms with van der Waals surface area (Å²) in [5, 5.41) is 4.62. The summed E-state index contributed by atoms with van der Waals surface area (Å²) in [6, 6.07) is 12.8. The van der Waals surface area contributed by atoms with Gasteiger partial charge in [0.15, 0.2) is 5.78 Å². The molecule has 0 fully saturated rings. The maximum atomic E-state index is 11.6. The van der Waals surface area contributed by atoms with Gasteiger partial charge in [0, 0.05) is 27.5 Å². The van der Waals surface area contributed by atoms with Crippen molar-refractivity contribution in [1.82, 2.24) is 10.1 Å². The van der Waals surface area contributed by atoms with Crippen molar-refractivity contribution >= 4 is 29.1 Å². The number of Topliss-reactive ketones (excluding diaryl/α,β-unsaturated/α-hetero) is 1. The molecule has 1 heterocycles. The Hall–Kier alpha value is -2.31. The van der Waals surface area contributed by atoms with Crippen molar-refractivity contribution in [1.29, 1.82) is 0 Å². The smallest absolute Gasteiger partial charge is 0.236 e. The summed E-state index contributed by atoms with van der Waals surface area (Å²) in [7, 11) is 1.62. The predicted octanol–water partition coefficient (Wildman–Crippen LogP) is 5.03. The number of nitrogens with zero attached hydrogens (tertiary/aromatic N) is 2. The number of carbonyl (C=O) groups is 1. The van der Waals surface area contributed by atoms with Gasteiger partial charge in [0.05, 0.1) is 12.9 Å². The lowest BCUT2D eigenvalue weighted by Crippen LogP contribution is -1.97. The molecule has 0 aliphatic heterocycles. The second kappa shape index (κ2) is 8.38. The molecule has 134 valence electrons. The summed E-state index contributed by atoms with van der Waals surface area (Å²) in [5.41, 5.74) is 2.44. The molecular weight excluding hydrogens is 372 g/mol. The topological polar surface area (TPSA) is 65.2 Å². The van der Waals surface area contributed by atoms with Gasteiger partial charge in [-0.1, -0.05) is 28.9 Å². The van der Waals surface area contributed by atoms with E-state index in [9.17, 15) is 4.79 Å². The van der Waals surface area contributed by atoms with E-state index in [0.29, 0.717) is 33.8 Å². The van der Waals surface area contributed by atoms with Gasteiger partial charge in [0.1, 0.15) is 5.75 Å². The van der Waals surface area contributed by atoms with Crippen LogP contribution >= 0.6 is 23.4 Å². The number of hydrogen-bond donors (Lipinski definition) is 0. The van der Waals surface area contributed by atoms with Crippen molar-refractivity contribution in [2.45, 2.75) is 18.4 Å². The molecule has 26 heavy (non-hydrogen) atoms. The minimum Gasteiger partial charge on any atom is -0.496 e. The molecule has 0 radical (unpaired) electrons. The Balaban J connectivity index is 1.65. The second-order valence-electron chi connectivity index (χ2n) is 5.60. The third-order valence-corrected chi connectivity index (χ3v) is 4.92. The van der Waals surface area contributed by atoms with Gasteiger partial charge in [-0.3, -0.25) is 4.79 Å². The molecule has 0 spiro atoms. The number of ether oxygens (including phenoxy) is 1. The number of aromatic nitrogens is 2. The van der Waals surface area contributed by atoms with Crippen LogP contribution in [0.15, 0.2) is 47.0 Å². The lowest BCUT2D eigenvalue weighted by Gasteiger charge is -2.09. The molecule has 7 heteroatoms. The van der Waals surface area contributed by atoms with E-state index in [-0.39, 0.29) is 5.78 Å². The Morgan fingerprint density at radius 1 is 1.23 bits per heavy atom. The van der Waals surface area contributed by atoms with Crippen LogP contribution in [-0.2, 0) is 11.5 Å². The van der Waals surface area contributed by atoms with Crippen molar-refractivity contribution in [2.75, 3.05) is 7.11 Å². The first-order valence-corrected chi connectivity index (χ1v) is 9.44. The second-order valence-corrected chi connectivity index (χ2v) is 7.02. The van der Waals surface area contributed by atoms with Crippen LogP contribution in [0.2, 0.25) is 5.02 Å². The molecule has 3 aromatic rings. The van der Waals surface area contributed by atoms with E-state index in [0.717, 1.165) is 16.9 Å². The molecule has 2 aromatic carbocycles. The highest BCUT2D eigenvalue weighted by Gasteiger charge is 2.11. The van der Waals surface area contributed by atoms with Gasteiger partial charge in [0.2, 0.25) is 11.7 Å². The predicted molar refractivity (Wildman–Crippen MR) is 103 cm³/mol. The van der Waals surface area contributed by atoms with Crippen LogP contribution in [0.1, 0.15) is 28.7 Å². The zero-order valence-corrected chi connectivity index (χ0v) is 15.9. The Labute approximate surface area is 160 Å². The van der Waals surface area contributed by atoms with Crippen molar-refractivity contribution < 1.29 is 14.1 Å². The van der Waals surface area contributed by atoms with Crippen molar-refractivity contribution in [3.05, 3.63) is 64.5 Å². The number of rotatable bonds is 7. The van der Waals surface area contributed by atoms with Gasteiger partial charge in [-0.05, 0) is 37.3 Å². The Bertz CT molecular complexity index is 927. The van der Waals surface area contributed by atoms with Crippen LogP contribution in [0.4, 0.5) is 0 Å². The first-order valence-electron chi connectivity index (χ1n) is 7.91. The van der Waals surface area contributed by atoms with Crippen LogP contribution in [0.3, 0.4) is 0 Å². The Morgan fingerprint density at radius 3 is 2.81 bits per heavy atom. The first-order chi connectivity index (χ1) is 12.6. The zero-order chi connectivity index (χ0) is 18.5. The molecule has 0 saturated heterocycles. The number of hydrogen-bond acceptors (Lipinski definition) is 6. The average molecular weight is 389 g/mol. The number of halogens is 1. The summed E-state index contributed by atoms with van der Waals surface area (Å²) in [6.45, 7) is 1.55. The van der Waals surface area contributed by atoms with Crippen LogP contribution in [0, 0.1) is 0 Å². The lowest BCUT2D eigenvalue weighted by atomic mass is 10.1. The van der Waals surface area contributed by atoms with Crippen LogP contribution in [0.5, 0.6) is 5.75 Å². The van der Waals surface area contributed by atoms with Gasteiger partial charge in [0.25, 0.3) is 0 Å². The van der Waals surface area contributed by atoms with Gasteiger partial charge >= 0.3 is 0 Å². The molecule has 3 rings (SSSR count). The van der Waals surface area contributed by atoms with E-state index in [1.165, 1.54) is 0 Å². The number of benzene rings is 2. The highest BCUT2D eigenvalue weighted by Crippen LogP contribution is 2.27. The quantitative estimate of drug-likeness (QED) is 0.528. The molecule has 0 unspecified atom stereocenters. The van der Waals surface area contributed by atoms with Crippen molar-refractivity contribution in [3.8, 4) is 17.1 Å². The lowest BCUT2D eigenvalue weighted by molar-refractivity contribution is 0.101. The van der Waals surface area contributed by atoms with E-state index in [2.05, 4.69) is 10.1 Å². The van der Waals surface area contributed by atoms with E-state index in [1.807, 2.05) is 24.3 Å². The molecule has 5 nitrogen and oxygen atoms in total.